The SMILES string of the molecule is NCc1cc(C(=O)O)nc(C(F)F)c1C(F)(F)F. The number of hydrogen-bond donors (Lipinski definition) is 2. The number of aromatic nitrogens is 1. The molecule has 0 radical (unpaired) electrons. The van der Waals surface area contributed by atoms with E-state index in [0.717, 1.165) is 0 Å². The molecule has 1 heterocycles. The summed E-state index contributed by atoms with van der Waals surface area (Å²) in [6, 6.07) is 0.539. The molecule has 0 unspecified atom stereocenters. The van der Waals surface area contributed by atoms with E-state index in [2.05, 4.69) is 4.98 Å². The van der Waals surface area contributed by atoms with E-state index in [1.807, 2.05) is 0 Å². The molecule has 0 aliphatic carbocycles. The topological polar surface area (TPSA) is 76.2 Å². The van der Waals surface area contributed by atoms with E-state index in [0.29, 0.717) is 6.07 Å². The average Bonchev–Trinajstić information content (AvgIpc) is 2.25. The number of rotatable bonds is 3. The normalized spacial score (nSPS) is 11.9. The van der Waals surface area contributed by atoms with E-state index in [-0.39, 0.29) is 0 Å². The number of hydrogen-bond acceptors (Lipinski definition) is 3. The Hall–Kier alpha value is -1.77. The molecule has 0 fully saturated rings. The van der Waals surface area contributed by atoms with Crippen molar-refractivity contribution in [3.8, 4) is 0 Å². The fraction of sp³-hybridized carbons (Fsp3) is 0.333. The molecule has 0 amide bonds. The van der Waals surface area contributed by atoms with Crippen LogP contribution >= 0.6 is 0 Å². The summed E-state index contributed by atoms with van der Waals surface area (Å²) >= 11 is 0. The maximum Gasteiger partial charge on any atom is 0.418 e. The van der Waals surface area contributed by atoms with Crippen molar-refractivity contribution in [2.24, 2.45) is 5.73 Å². The molecule has 0 atom stereocenters. The molecular formula is C9H7F5N2O2. The van der Waals surface area contributed by atoms with Gasteiger partial charge in [-0.25, -0.2) is 18.6 Å². The van der Waals surface area contributed by atoms with Crippen LogP contribution in [0.5, 0.6) is 0 Å². The molecule has 0 spiro atoms. The van der Waals surface area contributed by atoms with Crippen LogP contribution in [0.15, 0.2) is 6.07 Å². The van der Waals surface area contributed by atoms with Gasteiger partial charge in [0.25, 0.3) is 6.43 Å². The number of halogens is 5. The van der Waals surface area contributed by atoms with Gasteiger partial charge in [0.15, 0.2) is 0 Å². The average molecular weight is 270 g/mol. The maximum atomic E-state index is 12.6. The van der Waals surface area contributed by atoms with Gasteiger partial charge in [0.1, 0.15) is 11.4 Å². The number of carboxylic acids is 1. The lowest BCUT2D eigenvalue weighted by Crippen LogP contribution is -2.19. The summed E-state index contributed by atoms with van der Waals surface area (Å²) in [5.74, 6) is -1.71. The Morgan fingerprint density at radius 1 is 1.44 bits per heavy atom. The molecule has 0 aliphatic heterocycles. The molecule has 1 aromatic heterocycles. The summed E-state index contributed by atoms with van der Waals surface area (Å²) in [7, 11) is 0. The van der Waals surface area contributed by atoms with Gasteiger partial charge in [-0.3, -0.25) is 0 Å². The minimum absolute atomic E-state index is 0.539. The molecule has 0 saturated carbocycles. The van der Waals surface area contributed by atoms with Gasteiger partial charge in [-0.1, -0.05) is 0 Å². The molecule has 18 heavy (non-hydrogen) atoms. The lowest BCUT2D eigenvalue weighted by molar-refractivity contribution is -0.140. The van der Waals surface area contributed by atoms with E-state index in [9.17, 15) is 26.7 Å². The van der Waals surface area contributed by atoms with E-state index in [4.69, 9.17) is 10.8 Å². The first-order valence-electron chi connectivity index (χ1n) is 4.51. The Labute approximate surface area is 97.2 Å². The van der Waals surface area contributed by atoms with Gasteiger partial charge >= 0.3 is 12.1 Å². The van der Waals surface area contributed by atoms with Crippen molar-refractivity contribution in [3.63, 3.8) is 0 Å². The highest BCUT2D eigenvalue weighted by molar-refractivity contribution is 5.85. The van der Waals surface area contributed by atoms with E-state index in [1.165, 1.54) is 0 Å². The van der Waals surface area contributed by atoms with Crippen LogP contribution in [0, 0.1) is 0 Å². The van der Waals surface area contributed by atoms with Crippen LogP contribution in [-0.2, 0) is 12.7 Å². The summed E-state index contributed by atoms with van der Waals surface area (Å²) in [5.41, 5.74) is 0.0863. The first-order chi connectivity index (χ1) is 8.18. The predicted octanol–water partition coefficient (Wildman–Crippen LogP) is 2.19. The van der Waals surface area contributed by atoms with Gasteiger partial charge in [-0.15, -0.1) is 0 Å². The van der Waals surface area contributed by atoms with E-state index in [1.54, 1.807) is 0 Å². The quantitative estimate of drug-likeness (QED) is 0.825. The monoisotopic (exact) mass is 270 g/mol. The second-order valence-electron chi connectivity index (χ2n) is 3.23. The third kappa shape index (κ3) is 2.73. The lowest BCUT2D eigenvalue weighted by Gasteiger charge is -2.16. The highest BCUT2D eigenvalue weighted by Gasteiger charge is 2.39. The zero-order chi connectivity index (χ0) is 14.1. The van der Waals surface area contributed by atoms with Crippen molar-refractivity contribution in [1.82, 2.24) is 4.98 Å². The van der Waals surface area contributed by atoms with Crippen molar-refractivity contribution < 1.29 is 31.9 Å². The Balaban J connectivity index is 3.62. The molecule has 0 aromatic carbocycles. The fourth-order valence-corrected chi connectivity index (χ4v) is 1.38. The molecule has 1 aromatic rings. The largest absolute Gasteiger partial charge is 0.477 e. The number of aromatic carboxylic acids is 1. The first kappa shape index (κ1) is 14.3. The number of carboxylic acid groups (broad SMARTS) is 1. The van der Waals surface area contributed by atoms with Crippen molar-refractivity contribution in [1.29, 1.82) is 0 Å². The van der Waals surface area contributed by atoms with Gasteiger partial charge in [-0.2, -0.15) is 13.2 Å². The Morgan fingerprint density at radius 2 is 2.00 bits per heavy atom. The van der Waals surface area contributed by atoms with Crippen molar-refractivity contribution in [2.75, 3.05) is 0 Å². The number of nitrogens with zero attached hydrogens (tertiary/aromatic N) is 1. The highest BCUT2D eigenvalue weighted by Crippen LogP contribution is 2.37. The second kappa shape index (κ2) is 4.84. The number of nitrogens with two attached hydrogens (primary N) is 1. The van der Waals surface area contributed by atoms with Crippen molar-refractivity contribution in [2.45, 2.75) is 19.1 Å². The third-order valence-electron chi connectivity index (χ3n) is 2.06. The van der Waals surface area contributed by atoms with Crippen LogP contribution in [0.1, 0.15) is 33.7 Å². The van der Waals surface area contributed by atoms with Gasteiger partial charge in [0.2, 0.25) is 0 Å². The van der Waals surface area contributed by atoms with Crippen LogP contribution in [0.25, 0.3) is 0 Å². The number of carbonyl (C=O) groups is 1. The van der Waals surface area contributed by atoms with E-state index >= 15 is 0 Å². The van der Waals surface area contributed by atoms with Crippen molar-refractivity contribution >= 4 is 5.97 Å². The van der Waals surface area contributed by atoms with Crippen LogP contribution < -0.4 is 5.73 Å². The summed E-state index contributed by atoms with van der Waals surface area (Å²) < 4.78 is 62.9. The Bertz CT molecular complexity index is 473. The van der Waals surface area contributed by atoms with Crippen LogP contribution in [-0.4, -0.2) is 16.1 Å². The van der Waals surface area contributed by atoms with Crippen molar-refractivity contribution in [3.05, 3.63) is 28.6 Å². The standard InChI is InChI=1S/C9H7F5N2O2/c10-7(11)6-5(9(12,13)14)3(2-15)1-4(16-6)8(17)18/h1,7H,2,15H2,(H,17,18). The van der Waals surface area contributed by atoms with E-state index < -0.39 is 47.6 Å². The summed E-state index contributed by atoms with van der Waals surface area (Å²) in [6.07, 6.45) is -8.63. The molecular weight excluding hydrogens is 263 g/mol. The van der Waals surface area contributed by atoms with Crippen LogP contribution in [0.3, 0.4) is 0 Å². The number of alkyl halides is 5. The zero-order valence-corrected chi connectivity index (χ0v) is 8.63. The Morgan fingerprint density at radius 3 is 2.33 bits per heavy atom. The van der Waals surface area contributed by atoms with Gasteiger partial charge in [0, 0.05) is 6.54 Å². The fourth-order valence-electron chi connectivity index (χ4n) is 1.38. The second-order valence-corrected chi connectivity index (χ2v) is 3.23. The molecule has 4 nitrogen and oxygen atoms in total. The van der Waals surface area contributed by atoms with Crippen LogP contribution in [0.4, 0.5) is 22.0 Å². The molecule has 9 heteroatoms. The zero-order valence-electron chi connectivity index (χ0n) is 8.63. The molecule has 0 bridgehead atoms. The summed E-state index contributed by atoms with van der Waals surface area (Å²) in [5, 5.41) is 8.58. The molecule has 0 aliphatic rings. The minimum atomic E-state index is -5.08. The molecule has 1 rings (SSSR count). The Kier molecular flexibility index (Phi) is 3.85. The predicted molar refractivity (Wildman–Crippen MR) is 49.0 cm³/mol. The summed E-state index contributed by atoms with van der Waals surface area (Å²) in [4.78, 5) is 13.4. The number of pyridine rings is 1. The summed E-state index contributed by atoms with van der Waals surface area (Å²) in [6.45, 7) is -0.725. The molecule has 0 saturated heterocycles. The highest BCUT2D eigenvalue weighted by atomic mass is 19.4. The lowest BCUT2D eigenvalue weighted by atomic mass is 10.0. The third-order valence-corrected chi connectivity index (χ3v) is 2.06. The maximum absolute atomic E-state index is 12.6. The minimum Gasteiger partial charge on any atom is -0.477 e. The van der Waals surface area contributed by atoms with Crippen LogP contribution in [0.2, 0.25) is 0 Å². The molecule has 100 valence electrons. The van der Waals surface area contributed by atoms with Gasteiger partial charge in [0.05, 0.1) is 5.56 Å². The smallest absolute Gasteiger partial charge is 0.418 e. The van der Waals surface area contributed by atoms with Gasteiger partial charge in [-0.05, 0) is 11.6 Å². The first-order valence-corrected chi connectivity index (χ1v) is 4.51. The molecule has 3 N–H and O–H groups in total. The van der Waals surface area contributed by atoms with Gasteiger partial charge < -0.3 is 10.8 Å².